The minimum absolute atomic E-state index is 0.205. The van der Waals surface area contributed by atoms with Crippen LogP contribution in [0.5, 0.6) is 0 Å². The zero-order chi connectivity index (χ0) is 25.5. The van der Waals surface area contributed by atoms with Gasteiger partial charge in [0.15, 0.2) is 0 Å². The molecule has 1 aliphatic carbocycles. The molecule has 1 N–H and O–H groups in total. The summed E-state index contributed by atoms with van der Waals surface area (Å²) in [6, 6.07) is 19.0. The Morgan fingerprint density at radius 2 is 1.81 bits per heavy atom. The van der Waals surface area contributed by atoms with Gasteiger partial charge in [0.05, 0.1) is 31.0 Å². The van der Waals surface area contributed by atoms with E-state index in [1.807, 2.05) is 16.2 Å². The molecule has 7 heteroatoms. The number of nitrogens with zero attached hydrogens (tertiary/aromatic N) is 2. The highest BCUT2D eigenvalue weighted by Crippen LogP contribution is 2.44. The third-order valence-electron chi connectivity index (χ3n) is 7.37. The van der Waals surface area contributed by atoms with Crippen LogP contribution in [0.1, 0.15) is 62.1 Å². The van der Waals surface area contributed by atoms with Crippen LogP contribution in [0.3, 0.4) is 0 Å². The van der Waals surface area contributed by atoms with E-state index in [0.717, 1.165) is 24.1 Å². The average Bonchev–Trinajstić information content (AvgIpc) is 3.51. The maximum absolute atomic E-state index is 14.0. The largest absolute Gasteiger partial charge is 0.465 e. The second-order valence-corrected chi connectivity index (χ2v) is 10.8. The highest BCUT2D eigenvalue weighted by Gasteiger charge is 2.36. The Morgan fingerprint density at radius 3 is 2.62 bits per heavy atom. The molecule has 2 aliphatic rings. The van der Waals surface area contributed by atoms with E-state index in [0.29, 0.717) is 17.8 Å². The van der Waals surface area contributed by atoms with E-state index in [1.54, 1.807) is 24.3 Å². The Balaban J connectivity index is 1.45. The molecule has 2 aromatic carbocycles. The lowest BCUT2D eigenvalue weighted by Crippen LogP contribution is -2.38. The molecular weight excluding hydrogens is 482 g/mol. The highest BCUT2D eigenvalue weighted by molar-refractivity contribution is 7.15. The second kappa shape index (κ2) is 9.56. The monoisotopic (exact) mass is 511 g/mol. The molecule has 6 rings (SSSR count). The number of aromatic nitrogens is 1. The number of carbonyl (C=O) groups excluding carboxylic acids is 2. The van der Waals surface area contributed by atoms with Gasteiger partial charge in [0, 0.05) is 22.3 Å². The molecule has 0 spiro atoms. The SMILES string of the molecule is COC(=O)c1cccc(NC(=O)N2Cc3c(sc4c3CCCC4)-n3cccc3[C@@H]2c2ccc(C)cc2)c1. The molecule has 2 aromatic heterocycles. The molecule has 0 saturated heterocycles. The van der Waals surface area contributed by atoms with E-state index in [2.05, 4.69) is 59.4 Å². The fraction of sp³-hybridized carbons (Fsp3) is 0.267. The van der Waals surface area contributed by atoms with Gasteiger partial charge in [-0.05, 0) is 74.1 Å². The number of anilines is 1. The topological polar surface area (TPSA) is 63.6 Å². The highest BCUT2D eigenvalue weighted by atomic mass is 32.1. The predicted molar refractivity (Wildman–Crippen MR) is 146 cm³/mol. The van der Waals surface area contributed by atoms with Crippen molar-refractivity contribution < 1.29 is 14.3 Å². The van der Waals surface area contributed by atoms with E-state index in [9.17, 15) is 9.59 Å². The molecular formula is C30H29N3O3S. The van der Waals surface area contributed by atoms with Gasteiger partial charge in [-0.25, -0.2) is 9.59 Å². The van der Waals surface area contributed by atoms with Crippen molar-refractivity contribution in [3.8, 4) is 5.00 Å². The number of amides is 2. The van der Waals surface area contributed by atoms with E-state index in [-0.39, 0.29) is 12.1 Å². The number of urea groups is 1. The van der Waals surface area contributed by atoms with Crippen molar-refractivity contribution in [3.05, 3.63) is 105 Å². The normalized spacial score (nSPS) is 16.3. The van der Waals surface area contributed by atoms with Gasteiger partial charge >= 0.3 is 12.0 Å². The predicted octanol–water partition coefficient (Wildman–Crippen LogP) is 6.65. The summed E-state index contributed by atoms with van der Waals surface area (Å²) in [4.78, 5) is 29.5. The third kappa shape index (κ3) is 4.23. The number of benzene rings is 2. The minimum Gasteiger partial charge on any atom is -0.465 e. The maximum atomic E-state index is 14.0. The van der Waals surface area contributed by atoms with Crippen molar-refractivity contribution in [2.75, 3.05) is 12.4 Å². The maximum Gasteiger partial charge on any atom is 0.337 e. The molecule has 6 nitrogen and oxygen atoms in total. The fourth-order valence-corrected chi connectivity index (χ4v) is 6.93. The van der Waals surface area contributed by atoms with Gasteiger partial charge in [0.2, 0.25) is 0 Å². The van der Waals surface area contributed by atoms with Gasteiger partial charge in [-0.2, -0.15) is 0 Å². The van der Waals surface area contributed by atoms with E-state index < -0.39 is 5.97 Å². The number of carbonyl (C=O) groups is 2. The lowest BCUT2D eigenvalue weighted by Gasteiger charge is -2.31. The molecule has 4 aromatic rings. The van der Waals surface area contributed by atoms with Crippen molar-refractivity contribution in [1.82, 2.24) is 9.47 Å². The van der Waals surface area contributed by atoms with Crippen LogP contribution in [0.15, 0.2) is 66.9 Å². The van der Waals surface area contributed by atoms with Crippen LogP contribution in [-0.4, -0.2) is 28.6 Å². The van der Waals surface area contributed by atoms with Gasteiger partial charge in [-0.3, -0.25) is 0 Å². The quantitative estimate of drug-likeness (QED) is 0.313. The van der Waals surface area contributed by atoms with Crippen molar-refractivity contribution in [3.63, 3.8) is 0 Å². The van der Waals surface area contributed by atoms with Gasteiger partial charge in [-0.1, -0.05) is 35.9 Å². The first-order chi connectivity index (χ1) is 18.0. The number of aryl methyl sites for hydroxylation is 2. The molecule has 0 saturated carbocycles. The zero-order valence-corrected chi connectivity index (χ0v) is 21.8. The molecule has 1 atom stereocenters. The molecule has 188 valence electrons. The standard InChI is InChI=1S/C30H29N3O3S/c1-19-12-14-20(15-13-19)27-25-10-6-16-32(25)28-24(23-9-3-4-11-26(23)37-28)18-33(27)30(35)31-22-8-5-7-21(17-22)29(34)36-2/h5-8,10,12-17,27H,3-4,9,11,18H2,1-2H3,(H,31,35)/t27-/m0/s1. The molecule has 37 heavy (non-hydrogen) atoms. The number of esters is 1. The molecule has 0 bridgehead atoms. The molecule has 0 unspecified atom stereocenters. The number of thiophene rings is 1. The summed E-state index contributed by atoms with van der Waals surface area (Å²) < 4.78 is 7.15. The van der Waals surface area contributed by atoms with Crippen LogP contribution < -0.4 is 5.32 Å². The summed E-state index contributed by atoms with van der Waals surface area (Å²) in [7, 11) is 1.35. The lowest BCUT2D eigenvalue weighted by atomic mass is 9.95. The number of rotatable bonds is 3. The summed E-state index contributed by atoms with van der Waals surface area (Å²) in [6.45, 7) is 2.59. The molecule has 1 aliphatic heterocycles. The number of methoxy groups -OCH3 is 1. The number of fused-ring (bicyclic) bond motifs is 5. The van der Waals surface area contributed by atoms with E-state index >= 15 is 0 Å². The lowest BCUT2D eigenvalue weighted by molar-refractivity contribution is 0.0600. The molecule has 0 radical (unpaired) electrons. The Labute approximate surface area is 220 Å². The summed E-state index contributed by atoms with van der Waals surface area (Å²) in [5.74, 6) is -0.434. The van der Waals surface area contributed by atoms with Crippen LogP contribution in [-0.2, 0) is 24.1 Å². The molecule has 0 fully saturated rings. The Hall–Kier alpha value is -3.84. The van der Waals surface area contributed by atoms with Crippen LogP contribution in [0.25, 0.3) is 5.00 Å². The summed E-state index contributed by atoms with van der Waals surface area (Å²) in [5.41, 5.74) is 6.94. The van der Waals surface area contributed by atoms with Crippen LogP contribution in [0, 0.1) is 6.92 Å². The van der Waals surface area contributed by atoms with Crippen LogP contribution in [0.2, 0.25) is 0 Å². The summed E-state index contributed by atoms with van der Waals surface area (Å²) >= 11 is 1.88. The van der Waals surface area contributed by atoms with Crippen molar-refractivity contribution in [2.45, 2.75) is 45.2 Å². The molecule has 3 heterocycles. The number of hydrogen-bond donors (Lipinski definition) is 1. The smallest absolute Gasteiger partial charge is 0.337 e. The van der Waals surface area contributed by atoms with E-state index in [4.69, 9.17) is 4.74 Å². The number of nitrogens with one attached hydrogen (secondary N) is 1. The van der Waals surface area contributed by atoms with E-state index in [1.165, 1.54) is 46.5 Å². The molecule has 2 amide bonds. The number of ether oxygens (including phenoxy) is 1. The van der Waals surface area contributed by atoms with Gasteiger partial charge in [0.25, 0.3) is 0 Å². The first-order valence-corrected chi connectivity index (χ1v) is 13.5. The van der Waals surface area contributed by atoms with Crippen molar-refractivity contribution in [2.24, 2.45) is 0 Å². The third-order valence-corrected chi connectivity index (χ3v) is 8.70. The Kier molecular flexibility index (Phi) is 6.08. The first-order valence-electron chi connectivity index (χ1n) is 12.7. The first kappa shape index (κ1) is 23.6. The fourth-order valence-electron chi connectivity index (χ4n) is 5.52. The summed E-state index contributed by atoms with van der Waals surface area (Å²) in [5, 5.41) is 4.30. The van der Waals surface area contributed by atoms with Crippen molar-refractivity contribution in [1.29, 1.82) is 0 Å². The van der Waals surface area contributed by atoms with Crippen LogP contribution >= 0.6 is 11.3 Å². The van der Waals surface area contributed by atoms with Crippen LogP contribution in [0.4, 0.5) is 10.5 Å². The summed E-state index contributed by atoms with van der Waals surface area (Å²) in [6.07, 6.45) is 6.69. The zero-order valence-electron chi connectivity index (χ0n) is 21.0. The van der Waals surface area contributed by atoms with Gasteiger partial charge in [-0.15, -0.1) is 11.3 Å². The van der Waals surface area contributed by atoms with Gasteiger partial charge < -0.3 is 19.5 Å². The average molecular weight is 512 g/mol. The second-order valence-electron chi connectivity index (χ2n) is 9.74. The number of hydrogen-bond acceptors (Lipinski definition) is 4. The Morgan fingerprint density at radius 1 is 1.00 bits per heavy atom. The van der Waals surface area contributed by atoms with Gasteiger partial charge in [0.1, 0.15) is 5.00 Å². The van der Waals surface area contributed by atoms with Crippen molar-refractivity contribution >= 4 is 29.0 Å². The minimum atomic E-state index is -0.434. The Bertz CT molecular complexity index is 1480.